The molecule has 0 aliphatic heterocycles. The van der Waals surface area contributed by atoms with E-state index in [1.807, 2.05) is 48.5 Å². The van der Waals surface area contributed by atoms with Crippen molar-refractivity contribution in [3.63, 3.8) is 0 Å². The molecule has 3 aromatic carbocycles. The van der Waals surface area contributed by atoms with Crippen molar-refractivity contribution in [1.29, 1.82) is 21.0 Å². The first kappa shape index (κ1) is 23.4. The fourth-order valence-corrected chi connectivity index (χ4v) is 2.90. The van der Waals surface area contributed by atoms with Crippen LogP contribution in [0.3, 0.4) is 0 Å². The molecule has 0 N–H and O–H groups in total. The molecule has 0 fully saturated rings. The maximum atomic E-state index is 8.82. The molecule has 0 atom stereocenters. The zero-order valence-corrected chi connectivity index (χ0v) is 18.1. The molecule has 0 saturated carbocycles. The van der Waals surface area contributed by atoms with Crippen LogP contribution >= 0.6 is 0 Å². The Hall–Kier alpha value is -5.30. The monoisotopic (exact) mass is 442 g/mol. The number of hydrogen-bond donors (Lipinski definition) is 0. The molecule has 0 bridgehead atoms. The lowest BCUT2D eigenvalue weighted by Crippen LogP contribution is -1.98. The second-order valence-corrected chi connectivity index (χ2v) is 7.10. The van der Waals surface area contributed by atoms with Crippen LogP contribution in [-0.4, -0.2) is 0 Å². The average Bonchev–Trinajstić information content (AvgIpc) is 2.90. The molecule has 0 saturated heterocycles. The minimum absolute atomic E-state index is 0.0525. The number of allylic oxidation sites excluding steroid dienone is 2. The van der Waals surface area contributed by atoms with Gasteiger partial charge in [-0.05, 0) is 58.7 Å². The molecule has 6 nitrogen and oxygen atoms in total. The van der Waals surface area contributed by atoms with Crippen LogP contribution in [0.2, 0.25) is 0 Å². The van der Waals surface area contributed by atoms with Crippen LogP contribution in [0, 0.1) is 45.3 Å². The Morgan fingerprint density at radius 2 is 0.853 bits per heavy atom. The van der Waals surface area contributed by atoms with Crippen molar-refractivity contribution in [1.82, 2.24) is 0 Å². The van der Waals surface area contributed by atoms with E-state index in [0.29, 0.717) is 24.7 Å². The van der Waals surface area contributed by atoms with Gasteiger partial charge in [-0.2, -0.15) is 21.0 Å². The van der Waals surface area contributed by atoms with Crippen molar-refractivity contribution in [3.8, 4) is 35.8 Å². The van der Waals surface area contributed by atoms with Crippen molar-refractivity contribution >= 4 is 12.2 Å². The van der Waals surface area contributed by atoms with E-state index in [9.17, 15) is 0 Å². The van der Waals surface area contributed by atoms with Gasteiger partial charge < -0.3 is 9.47 Å². The van der Waals surface area contributed by atoms with Crippen LogP contribution < -0.4 is 9.47 Å². The van der Waals surface area contributed by atoms with Gasteiger partial charge in [-0.25, -0.2) is 0 Å². The lowest BCUT2D eigenvalue weighted by atomic mass is 10.1. The van der Waals surface area contributed by atoms with Gasteiger partial charge >= 0.3 is 0 Å². The fraction of sp³-hybridized carbons (Fsp3) is 0.0714. The van der Waals surface area contributed by atoms with Gasteiger partial charge in [0.05, 0.1) is 0 Å². The van der Waals surface area contributed by atoms with Gasteiger partial charge in [0.1, 0.15) is 60.1 Å². The predicted octanol–water partition coefficient (Wildman–Crippen LogP) is 5.71. The number of nitriles is 4. The molecule has 0 unspecified atom stereocenters. The first-order chi connectivity index (χ1) is 16.6. The predicted molar refractivity (Wildman–Crippen MR) is 126 cm³/mol. The SMILES string of the molecule is N#CC(C#N)=Cc1ccc(OCc2ccc(COc3ccc(C=C(C#N)C#N)cc3)cc2)cc1. The summed E-state index contributed by atoms with van der Waals surface area (Å²) >= 11 is 0. The third kappa shape index (κ3) is 6.86. The zero-order valence-electron chi connectivity index (χ0n) is 18.1. The van der Waals surface area contributed by atoms with Crippen molar-refractivity contribution in [2.75, 3.05) is 0 Å². The van der Waals surface area contributed by atoms with E-state index in [2.05, 4.69) is 0 Å². The zero-order chi connectivity index (χ0) is 24.2. The molecular weight excluding hydrogens is 424 g/mol. The third-order valence-corrected chi connectivity index (χ3v) is 4.70. The highest BCUT2D eigenvalue weighted by molar-refractivity contribution is 5.63. The van der Waals surface area contributed by atoms with Crippen LogP contribution in [0.4, 0.5) is 0 Å². The molecule has 0 radical (unpaired) electrons. The molecule has 0 spiro atoms. The quantitative estimate of drug-likeness (QED) is 0.413. The van der Waals surface area contributed by atoms with Gasteiger partial charge in [0, 0.05) is 0 Å². The van der Waals surface area contributed by atoms with Gasteiger partial charge in [0.25, 0.3) is 0 Å². The summed E-state index contributed by atoms with van der Waals surface area (Å²) in [5.74, 6) is 1.38. The van der Waals surface area contributed by atoms with Crippen LogP contribution in [0.1, 0.15) is 22.3 Å². The molecule has 34 heavy (non-hydrogen) atoms. The smallest absolute Gasteiger partial charge is 0.130 e. The lowest BCUT2D eigenvalue weighted by Gasteiger charge is -2.09. The van der Waals surface area contributed by atoms with Gasteiger partial charge in [0.15, 0.2) is 0 Å². The molecular formula is C28H18N4O2. The lowest BCUT2D eigenvalue weighted by molar-refractivity contribution is 0.302. The van der Waals surface area contributed by atoms with E-state index < -0.39 is 0 Å². The van der Waals surface area contributed by atoms with Crippen LogP contribution in [0.25, 0.3) is 12.2 Å². The highest BCUT2D eigenvalue weighted by atomic mass is 16.5. The maximum absolute atomic E-state index is 8.82. The molecule has 3 rings (SSSR count). The Labute approximate surface area is 198 Å². The molecule has 0 aliphatic rings. The number of rotatable bonds is 8. The Balaban J connectivity index is 1.50. The van der Waals surface area contributed by atoms with E-state index in [1.165, 1.54) is 12.2 Å². The third-order valence-electron chi connectivity index (χ3n) is 4.70. The summed E-state index contributed by atoms with van der Waals surface area (Å²) in [4.78, 5) is 0. The molecule has 0 aromatic heterocycles. The first-order valence-electron chi connectivity index (χ1n) is 10.2. The van der Waals surface area contributed by atoms with Crippen molar-refractivity contribution in [3.05, 3.63) is 106 Å². The molecule has 0 aliphatic carbocycles. The summed E-state index contributed by atoms with van der Waals surface area (Å²) in [7, 11) is 0. The molecule has 0 heterocycles. The summed E-state index contributed by atoms with van der Waals surface area (Å²) < 4.78 is 11.6. The summed E-state index contributed by atoms with van der Waals surface area (Å²) in [6.45, 7) is 0.806. The van der Waals surface area contributed by atoms with Gasteiger partial charge in [-0.1, -0.05) is 48.5 Å². The minimum Gasteiger partial charge on any atom is -0.489 e. The molecule has 6 heteroatoms. The summed E-state index contributed by atoms with van der Waals surface area (Å²) in [6.07, 6.45) is 3.05. The van der Waals surface area contributed by atoms with Crippen LogP contribution in [-0.2, 0) is 13.2 Å². The van der Waals surface area contributed by atoms with E-state index in [4.69, 9.17) is 30.5 Å². The fourth-order valence-electron chi connectivity index (χ4n) is 2.90. The van der Waals surface area contributed by atoms with Gasteiger partial charge in [-0.15, -0.1) is 0 Å². The topological polar surface area (TPSA) is 114 Å². The first-order valence-corrected chi connectivity index (χ1v) is 10.2. The normalized spacial score (nSPS) is 9.29. The molecule has 162 valence electrons. The van der Waals surface area contributed by atoms with Crippen molar-refractivity contribution in [2.45, 2.75) is 13.2 Å². The van der Waals surface area contributed by atoms with Gasteiger partial charge in [-0.3, -0.25) is 0 Å². The number of hydrogen-bond acceptors (Lipinski definition) is 6. The van der Waals surface area contributed by atoms with E-state index in [-0.39, 0.29) is 11.1 Å². The standard InChI is InChI=1S/C28H18N4O2/c29-15-25(16-30)13-21-5-9-27(10-6-21)33-19-23-1-2-24(4-3-23)20-34-28-11-7-22(8-12-28)14-26(17-31)18-32/h1-14H,19-20H2. The number of nitrogens with zero attached hydrogens (tertiary/aromatic N) is 4. The summed E-state index contributed by atoms with van der Waals surface area (Å²) in [6, 6.07) is 29.6. The maximum Gasteiger partial charge on any atom is 0.130 e. The number of ether oxygens (including phenoxy) is 2. The highest BCUT2D eigenvalue weighted by Gasteiger charge is 2.01. The van der Waals surface area contributed by atoms with Crippen molar-refractivity contribution < 1.29 is 9.47 Å². The number of benzene rings is 3. The van der Waals surface area contributed by atoms with E-state index >= 15 is 0 Å². The van der Waals surface area contributed by atoms with Gasteiger partial charge in [0.2, 0.25) is 0 Å². The second-order valence-electron chi connectivity index (χ2n) is 7.10. The van der Waals surface area contributed by atoms with E-state index in [0.717, 1.165) is 22.3 Å². The minimum atomic E-state index is 0.0525. The van der Waals surface area contributed by atoms with Crippen LogP contribution in [0.5, 0.6) is 11.5 Å². The summed E-state index contributed by atoms with van der Waals surface area (Å²) in [5.41, 5.74) is 3.63. The van der Waals surface area contributed by atoms with Crippen LogP contribution in [0.15, 0.2) is 83.9 Å². The van der Waals surface area contributed by atoms with E-state index in [1.54, 1.807) is 48.5 Å². The Kier molecular flexibility index (Phi) is 8.19. The largest absolute Gasteiger partial charge is 0.489 e. The second kappa shape index (κ2) is 11.9. The molecule has 3 aromatic rings. The Bertz CT molecular complexity index is 1220. The van der Waals surface area contributed by atoms with Crippen molar-refractivity contribution in [2.24, 2.45) is 0 Å². The Morgan fingerprint density at radius 1 is 0.529 bits per heavy atom. The molecule has 0 amide bonds. The summed E-state index contributed by atoms with van der Waals surface area (Å²) in [5, 5.41) is 35.3. The average molecular weight is 442 g/mol. The Morgan fingerprint density at radius 3 is 1.15 bits per heavy atom. The highest BCUT2D eigenvalue weighted by Crippen LogP contribution is 2.18.